The molecule has 0 spiro atoms. The molecule has 0 saturated carbocycles. The maximum absolute atomic E-state index is 13.0. The molecule has 3 rings (SSSR count). The molecule has 0 aromatic heterocycles. The number of aliphatic carboxylic acids is 1. The first-order valence-electron chi connectivity index (χ1n) is 11.3. The fourth-order valence-corrected chi connectivity index (χ4v) is 4.78. The van der Waals surface area contributed by atoms with E-state index in [2.05, 4.69) is 10.2 Å². The molecule has 0 unspecified atom stereocenters. The van der Waals surface area contributed by atoms with E-state index in [9.17, 15) is 28.1 Å². The van der Waals surface area contributed by atoms with Gasteiger partial charge in [0.2, 0.25) is 0 Å². The lowest BCUT2D eigenvalue weighted by atomic mass is 10.1. The number of carboxylic acids is 1. The van der Waals surface area contributed by atoms with Crippen molar-refractivity contribution in [3.8, 4) is 0 Å². The number of nitro benzene ring substituents is 1. The number of aliphatic hydroxyl groups excluding tert-OH is 1. The quantitative estimate of drug-likeness (QED) is 0.226. The van der Waals surface area contributed by atoms with Crippen LogP contribution in [0.15, 0.2) is 17.0 Å². The fraction of sp³-hybridized carbons (Fsp3) is 0.619. The van der Waals surface area contributed by atoms with Crippen molar-refractivity contribution in [3.63, 3.8) is 0 Å². The number of alkyl halides is 3. The van der Waals surface area contributed by atoms with Crippen LogP contribution in [0.5, 0.6) is 0 Å². The van der Waals surface area contributed by atoms with Crippen molar-refractivity contribution in [3.05, 3.63) is 27.8 Å². The molecule has 1 aromatic rings. The van der Waals surface area contributed by atoms with Gasteiger partial charge in [-0.15, -0.1) is 11.8 Å². The Bertz CT molecular complexity index is 891. The number of nitrogens with zero attached hydrogens (tertiary/aromatic N) is 3. The number of carbonyl (C=O) groups excluding carboxylic acids is 2. The third kappa shape index (κ3) is 8.54. The van der Waals surface area contributed by atoms with Gasteiger partial charge in [0, 0.05) is 36.4 Å². The summed E-state index contributed by atoms with van der Waals surface area (Å²) in [6.45, 7) is 4.72. The molecular weight excluding hydrogens is 493 g/mol. The van der Waals surface area contributed by atoms with Crippen molar-refractivity contribution in [2.24, 2.45) is 0 Å². The van der Waals surface area contributed by atoms with E-state index in [4.69, 9.17) is 15.0 Å². The van der Waals surface area contributed by atoms with E-state index >= 15 is 0 Å². The third-order valence-electron chi connectivity index (χ3n) is 5.49. The summed E-state index contributed by atoms with van der Waals surface area (Å²) >= 11 is 1.56. The van der Waals surface area contributed by atoms with E-state index < -0.39 is 17.1 Å². The van der Waals surface area contributed by atoms with E-state index in [-0.39, 0.29) is 23.8 Å². The van der Waals surface area contributed by atoms with Crippen molar-refractivity contribution in [2.75, 3.05) is 56.5 Å². The lowest BCUT2D eigenvalue weighted by molar-refractivity contribution is -0.661. The van der Waals surface area contributed by atoms with Crippen LogP contribution < -0.4 is 15.3 Å². The predicted molar refractivity (Wildman–Crippen MR) is 120 cm³/mol. The van der Waals surface area contributed by atoms with Gasteiger partial charge in [0.05, 0.1) is 36.8 Å². The first-order valence-corrected chi connectivity index (χ1v) is 12.2. The van der Waals surface area contributed by atoms with E-state index in [0.29, 0.717) is 25.3 Å². The Labute approximate surface area is 204 Å². The number of quaternary nitrogens is 1. The summed E-state index contributed by atoms with van der Waals surface area (Å²) in [6.07, 6.45) is -1.24. The summed E-state index contributed by atoms with van der Waals surface area (Å²) < 4.78 is 31.5. The van der Waals surface area contributed by atoms with Gasteiger partial charge in [-0.1, -0.05) is 0 Å². The van der Waals surface area contributed by atoms with Crippen molar-refractivity contribution < 1.29 is 43.2 Å². The van der Waals surface area contributed by atoms with E-state index in [1.165, 1.54) is 6.42 Å². The molecule has 0 radical (unpaired) electrons. The number of aliphatic hydroxyl groups is 1. The zero-order valence-corrected chi connectivity index (χ0v) is 19.9. The second-order valence-corrected chi connectivity index (χ2v) is 9.15. The highest BCUT2D eigenvalue weighted by molar-refractivity contribution is 7.99. The van der Waals surface area contributed by atoms with Gasteiger partial charge in [0.1, 0.15) is 11.5 Å². The number of carbonyl (C=O) groups is 2. The number of hydrogen-bond donors (Lipinski definition) is 2. The number of carboxylic acid groups (broad SMARTS) is 1. The molecule has 2 aliphatic heterocycles. The molecule has 2 aliphatic rings. The Morgan fingerprint density at radius 1 is 1.11 bits per heavy atom. The molecule has 3 N–H and O–H groups in total. The average Bonchev–Trinajstić information content (AvgIpc) is 2.84. The van der Waals surface area contributed by atoms with Crippen LogP contribution in [0.2, 0.25) is 0 Å². The highest BCUT2D eigenvalue weighted by Crippen LogP contribution is 2.38. The number of amides is 1. The maximum Gasteiger partial charge on any atom is 0.430 e. The SMILES string of the molecule is O=C([O-])C(F)(F)F.O=C(c1cc(SCCCO)c(N2CCCCC2)cc1[N+](=O)[O-])N1CC[NH2+]CC1. The molecule has 0 atom stereocenters. The molecule has 14 heteroatoms. The van der Waals surface area contributed by atoms with Crippen LogP contribution in [0.1, 0.15) is 36.0 Å². The molecule has 0 aliphatic carbocycles. The Kier molecular flexibility index (Phi) is 11.0. The summed E-state index contributed by atoms with van der Waals surface area (Å²) in [5.41, 5.74) is 0.920. The van der Waals surface area contributed by atoms with Gasteiger partial charge < -0.3 is 30.1 Å². The van der Waals surface area contributed by atoms with Gasteiger partial charge in [0.15, 0.2) is 0 Å². The third-order valence-corrected chi connectivity index (χ3v) is 6.62. The number of halogens is 3. The summed E-state index contributed by atoms with van der Waals surface area (Å²) in [4.78, 5) is 38.0. The van der Waals surface area contributed by atoms with Crippen molar-refractivity contribution in [1.29, 1.82) is 0 Å². The summed E-state index contributed by atoms with van der Waals surface area (Å²) in [6, 6.07) is 3.31. The standard InChI is InChI=1S/C19H28N4O4S.C2HF3O2/c24-11-4-12-28-18-13-15(19(25)22-9-5-20-6-10-22)16(23(26)27)14-17(18)21-7-2-1-3-8-21;3-2(4,5)1(6)7/h13-14,20,24H,1-12H2;(H,6,7). The fourth-order valence-electron chi connectivity index (χ4n) is 3.75. The van der Waals surface area contributed by atoms with Crippen LogP contribution in [0.25, 0.3) is 0 Å². The highest BCUT2D eigenvalue weighted by Gasteiger charge is 2.30. The molecular formula is C21H29F3N4O6S. The van der Waals surface area contributed by atoms with Gasteiger partial charge >= 0.3 is 6.18 Å². The average molecular weight is 523 g/mol. The van der Waals surface area contributed by atoms with Crippen LogP contribution in [0.4, 0.5) is 24.5 Å². The van der Waals surface area contributed by atoms with Gasteiger partial charge in [0.25, 0.3) is 11.6 Å². The lowest BCUT2D eigenvalue weighted by Crippen LogP contribution is -2.89. The Morgan fingerprint density at radius 2 is 1.71 bits per heavy atom. The zero-order chi connectivity index (χ0) is 26.0. The number of nitrogens with two attached hydrogens (primary N) is 1. The van der Waals surface area contributed by atoms with Gasteiger partial charge in [-0.25, -0.2) is 0 Å². The van der Waals surface area contributed by atoms with Crippen LogP contribution in [-0.4, -0.2) is 84.6 Å². The van der Waals surface area contributed by atoms with E-state index in [0.717, 1.165) is 49.6 Å². The van der Waals surface area contributed by atoms with Gasteiger partial charge in [-0.05, 0) is 31.7 Å². The number of hydrogen-bond acceptors (Lipinski definition) is 8. The van der Waals surface area contributed by atoms with Crippen molar-refractivity contribution in [1.82, 2.24) is 4.90 Å². The van der Waals surface area contributed by atoms with Crippen LogP contribution in [-0.2, 0) is 4.79 Å². The second-order valence-electron chi connectivity index (χ2n) is 8.01. The lowest BCUT2D eigenvalue weighted by Gasteiger charge is -2.31. The number of anilines is 1. The van der Waals surface area contributed by atoms with Crippen LogP contribution in [0, 0.1) is 10.1 Å². The minimum atomic E-state index is -5.19. The summed E-state index contributed by atoms with van der Waals surface area (Å²) in [7, 11) is 0. The molecule has 196 valence electrons. The monoisotopic (exact) mass is 522 g/mol. The molecule has 1 amide bonds. The predicted octanol–water partition coefficient (Wildman–Crippen LogP) is 0.377. The number of rotatable bonds is 7. The second kappa shape index (κ2) is 13.5. The number of thioether (sulfide) groups is 1. The van der Waals surface area contributed by atoms with Gasteiger partial charge in [-0.2, -0.15) is 13.2 Å². The molecule has 1 aromatic carbocycles. The number of piperazine rings is 1. The Balaban J connectivity index is 0.000000540. The van der Waals surface area contributed by atoms with Gasteiger partial charge in [-0.3, -0.25) is 14.9 Å². The minimum absolute atomic E-state index is 0.105. The first kappa shape index (κ1) is 28.7. The highest BCUT2D eigenvalue weighted by atomic mass is 32.2. The molecule has 2 saturated heterocycles. The largest absolute Gasteiger partial charge is 0.542 e. The number of piperidine rings is 1. The van der Waals surface area contributed by atoms with E-state index in [1.54, 1.807) is 28.8 Å². The molecule has 2 heterocycles. The van der Waals surface area contributed by atoms with Crippen molar-refractivity contribution >= 4 is 35.0 Å². The first-order chi connectivity index (χ1) is 16.6. The maximum atomic E-state index is 13.0. The minimum Gasteiger partial charge on any atom is -0.542 e. The summed E-state index contributed by atoms with van der Waals surface area (Å²) in [5, 5.41) is 31.8. The number of nitro groups is 1. The smallest absolute Gasteiger partial charge is 0.430 e. The summed E-state index contributed by atoms with van der Waals surface area (Å²) in [5.74, 6) is -2.55. The number of benzene rings is 1. The van der Waals surface area contributed by atoms with E-state index in [1.807, 2.05) is 0 Å². The van der Waals surface area contributed by atoms with Crippen LogP contribution >= 0.6 is 11.8 Å². The molecule has 10 nitrogen and oxygen atoms in total. The topological polar surface area (TPSA) is 144 Å². The Morgan fingerprint density at radius 3 is 2.23 bits per heavy atom. The molecule has 0 bridgehead atoms. The zero-order valence-electron chi connectivity index (χ0n) is 19.1. The molecule has 2 fully saturated rings. The Hall–Kier alpha value is -2.58. The van der Waals surface area contributed by atoms with Crippen molar-refractivity contribution in [2.45, 2.75) is 36.8 Å². The normalized spacial score (nSPS) is 16.3. The molecule has 35 heavy (non-hydrogen) atoms. The van der Waals surface area contributed by atoms with Crippen LogP contribution in [0.3, 0.4) is 0 Å².